The fourth-order valence-electron chi connectivity index (χ4n) is 2.36. The summed E-state index contributed by atoms with van der Waals surface area (Å²) in [5.74, 6) is 0.706. The fraction of sp³-hybridized carbons (Fsp3) is 0.643. The molecular formula is C14H22N2OS. The van der Waals surface area contributed by atoms with Crippen molar-refractivity contribution in [3.8, 4) is 0 Å². The number of rotatable bonds is 4. The molecule has 2 N–H and O–H groups in total. The molecule has 0 spiro atoms. The molecule has 4 heteroatoms. The summed E-state index contributed by atoms with van der Waals surface area (Å²) in [6, 6.07) is 2.17. The van der Waals surface area contributed by atoms with E-state index in [4.69, 9.17) is 0 Å². The van der Waals surface area contributed by atoms with Crippen molar-refractivity contribution < 1.29 is 4.79 Å². The zero-order valence-corrected chi connectivity index (χ0v) is 12.0. The number of thiophene rings is 1. The molecule has 1 unspecified atom stereocenters. The van der Waals surface area contributed by atoms with Crippen LogP contribution in [-0.4, -0.2) is 19.0 Å². The molecule has 3 nitrogen and oxygen atoms in total. The minimum atomic E-state index is 0.187. The van der Waals surface area contributed by atoms with Crippen molar-refractivity contribution in [2.24, 2.45) is 5.92 Å². The summed E-state index contributed by atoms with van der Waals surface area (Å²) in [4.78, 5) is 14.4. The van der Waals surface area contributed by atoms with Gasteiger partial charge in [-0.2, -0.15) is 0 Å². The van der Waals surface area contributed by atoms with Crippen LogP contribution < -0.4 is 10.6 Å². The van der Waals surface area contributed by atoms with Crippen LogP contribution in [0.4, 0.5) is 0 Å². The predicted octanol–water partition coefficient (Wildman–Crippen LogP) is 2.37. The van der Waals surface area contributed by atoms with E-state index in [-0.39, 0.29) is 5.91 Å². The van der Waals surface area contributed by atoms with E-state index in [9.17, 15) is 4.79 Å². The zero-order valence-electron chi connectivity index (χ0n) is 11.2. The first kappa shape index (κ1) is 13.6. The lowest BCUT2D eigenvalue weighted by Gasteiger charge is -2.21. The number of hydrogen-bond donors (Lipinski definition) is 2. The molecule has 0 saturated carbocycles. The average molecular weight is 266 g/mol. The molecule has 1 atom stereocenters. The molecule has 1 amide bonds. The van der Waals surface area contributed by atoms with Gasteiger partial charge in [-0.3, -0.25) is 4.79 Å². The van der Waals surface area contributed by atoms with Crippen molar-refractivity contribution in [2.45, 2.75) is 39.7 Å². The SMILES string of the molecule is Cc1cc(CNC(=O)CC2CCCNC2)sc1C. The average Bonchev–Trinajstić information content (AvgIpc) is 2.68. The number of carbonyl (C=O) groups excluding carboxylic acids is 1. The molecule has 1 aliphatic rings. The van der Waals surface area contributed by atoms with Gasteiger partial charge in [-0.15, -0.1) is 11.3 Å². The normalized spacial score (nSPS) is 19.8. The van der Waals surface area contributed by atoms with Crippen LogP contribution in [0.5, 0.6) is 0 Å². The van der Waals surface area contributed by atoms with Crippen LogP contribution in [-0.2, 0) is 11.3 Å². The van der Waals surface area contributed by atoms with Crippen LogP contribution in [0.2, 0.25) is 0 Å². The van der Waals surface area contributed by atoms with Crippen molar-refractivity contribution in [3.63, 3.8) is 0 Å². The number of aryl methyl sites for hydroxylation is 2. The summed E-state index contributed by atoms with van der Waals surface area (Å²) in [7, 11) is 0. The lowest BCUT2D eigenvalue weighted by molar-refractivity contribution is -0.122. The standard InChI is InChI=1S/C14H22N2OS/c1-10-6-13(18-11(10)2)9-16-14(17)7-12-4-3-5-15-8-12/h6,12,15H,3-5,7-9H2,1-2H3,(H,16,17). The van der Waals surface area contributed by atoms with Gasteiger partial charge in [0.15, 0.2) is 0 Å². The van der Waals surface area contributed by atoms with Crippen LogP contribution >= 0.6 is 11.3 Å². The van der Waals surface area contributed by atoms with E-state index in [1.165, 1.54) is 28.2 Å². The van der Waals surface area contributed by atoms with E-state index < -0.39 is 0 Å². The maximum Gasteiger partial charge on any atom is 0.220 e. The third kappa shape index (κ3) is 3.82. The topological polar surface area (TPSA) is 41.1 Å². The molecular weight excluding hydrogens is 244 g/mol. The Bertz CT molecular complexity index is 388. The van der Waals surface area contributed by atoms with Crippen LogP contribution in [0, 0.1) is 19.8 Å². The molecule has 18 heavy (non-hydrogen) atoms. The Morgan fingerprint density at radius 2 is 2.39 bits per heavy atom. The summed E-state index contributed by atoms with van der Waals surface area (Å²) in [5.41, 5.74) is 1.32. The van der Waals surface area contributed by atoms with Crippen molar-refractivity contribution >= 4 is 17.2 Å². The second-order valence-corrected chi connectivity index (χ2v) is 6.49. The highest BCUT2D eigenvalue weighted by atomic mass is 32.1. The van der Waals surface area contributed by atoms with Gasteiger partial charge in [0.05, 0.1) is 6.54 Å². The molecule has 1 aliphatic heterocycles. The van der Waals surface area contributed by atoms with Crippen molar-refractivity contribution in [3.05, 3.63) is 21.4 Å². The Morgan fingerprint density at radius 3 is 3.00 bits per heavy atom. The maximum atomic E-state index is 11.8. The molecule has 0 aromatic carbocycles. The van der Waals surface area contributed by atoms with Crippen LogP contribution in [0.15, 0.2) is 6.07 Å². The van der Waals surface area contributed by atoms with Gasteiger partial charge >= 0.3 is 0 Å². The van der Waals surface area contributed by atoms with Gasteiger partial charge in [0.2, 0.25) is 5.91 Å². The molecule has 1 saturated heterocycles. The number of piperidine rings is 1. The summed E-state index contributed by atoms with van der Waals surface area (Å²) >= 11 is 1.78. The second kappa shape index (κ2) is 6.34. The van der Waals surface area contributed by atoms with Gasteiger partial charge in [-0.1, -0.05) is 0 Å². The Kier molecular flexibility index (Phi) is 4.78. The summed E-state index contributed by atoms with van der Waals surface area (Å²) < 4.78 is 0. The third-order valence-electron chi connectivity index (χ3n) is 3.55. The highest BCUT2D eigenvalue weighted by molar-refractivity contribution is 7.12. The van der Waals surface area contributed by atoms with E-state index in [0.29, 0.717) is 18.9 Å². The number of nitrogens with one attached hydrogen (secondary N) is 2. The van der Waals surface area contributed by atoms with Crippen molar-refractivity contribution in [1.82, 2.24) is 10.6 Å². The van der Waals surface area contributed by atoms with Crippen LogP contribution in [0.3, 0.4) is 0 Å². The molecule has 0 bridgehead atoms. The van der Waals surface area contributed by atoms with E-state index in [1.807, 2.05) is 0 Å². The lowest BCUT2D eigenvalue weighted by Crippen LogP contribution is -2.33. The second-order valence-electron chi connectivity index (χ2n) is 5.15. The summed E-state index contributed by atoms with van der Waals surface area (Å²) in [5, 5.41) is 6.38. The smallest absolute Gasteiger partial charge is 0.220 e. The van der Waals surface area contributed by atoms with Gasteiger partial charge < -0.3 is 10.6 Å². The zero-order chi connectivity index (χ0) is 13.0. The first-order valence-corrected chi connectivity index (χ1v) is 7.50. The number of carbonyl (C=O) groups is 1. The van der Waals surface area contributed by atoms with Gasteiger partial charge in [-0.25, -0.2) is 0 Å². The van der Waals surface area contributed by atoms with Crippen molar-refractivity contribution in [1.29, 1.82) is 0 Å². The van der Waals surface area contributed by atoms with Crippen LogP contribution in [0.1, 0.15) is 34.6 Å². The van der Waals surface area contributed by atoms with Gasteiger partial charge in [0.1, 0.15) is 0 Å². The van der Waals surface area contributed by atoms with E-state index in [0.717, 1.165) is 13.1 Å². The van der Waals surface area contributed by atoms with Gasteiger partial charge in [0.25, 0.3) is 0 Å². The predicted molar refractivity (Wildman–Crippen MR) is 75.9 cm³/mol. The van der Waals surface area contributed by atoms with E-state index in [2.05, 4.69) is 30.5 Å². The van der Waals surface area contributed by atoms with Gasteiger partial charge in [-0.05, 0) is 57.3 Å². The number of hydrogen-bond acceptors (Lipinski definition) is 3. The summed E-state index contributed by atoms with van der Waals surface area (Å²) in [6.45, 7) is 7.01. The molecule has 1 fully saturated rings. The fourth-order valence-corrected chi connectivity index (χ4v) is 3.35. The quantitative estimate of drug-likeness (QED) is 0.878. The van der Waals surface area contributed by atoms with E-state index in [1.54, 1.807) is 11.3 Å². The highest BCUT2D eigenvalue weighted by Gasteiger charge is 2.16. The van der Waals surface area contributed by atoms with Gasteiger partial charge in [0, 0.05) is 16.2 Å². The largest absolute Gasteiger partial charge is 0.351 e. The first-order valence-electron chi connectivity index (χ1n) is 6.68. The summed E-state index contributed by atoms with van der Waals surface area (Å²) in [6.07, 6.45) is 3.04. The molecule has 1 aromatic heterocycles. The van der Waals surface area contributed by atoms with Crippen molar-refractivity contribution in [2.75, 3.05) is 13.1 Å². The van der Waals surface area contributed by atoms with Crippen LogP contribution in [0.25, 0.3) is 0 Å². The minimum absolute atomic E-state index is 0.187. The Balaban J connectivity index is 1.74. The third-order valence-corrected chi connectivity index (χ3v) is 4.70. The maximum absolute atomic E-state index is 11.8. The monoisotopic (exact) mass is 266 g/mol. The number of amides is 1. The molecule has 1 aromatic rings. The minimum Gasteiger partial charge on any atom is -0.351 e. The Morgan fingerprint density at radius 1 is 1.56 bits per heavy atom. The molecule has 2 rings (SSSR count). The van der Waals surface area contributed by atoms with E-state index >= 15 is 0 Å². The molecule has 0 aliphatic carbocycles. The Hall–Kier alpha value is -0.870. The Labute approximate surface area is 113 Å². The molecule has 2 heterocycles. The molecule has 100 valence electrons. The highest BCUT2D eigenvalue weighted by Crippen LogP contribution is 2.20. The first-order chi connectivity index (χ1) is 8.65. The lowest BCUT2D eigenvalue weighted by atomic mass is 9.96. The molecule has 0 radical (unpaired) electrons.